The number of hydrogen-bond acceptors (Lipinski definition) is 2. The predicted octanol–water partition coefficient (Wildman–Crippen LogP) is 2.56. The second kappa shape index (κ2) is 5.99. The summed E-state index contributed by atoms with van der Waals surface area (Å²) in [5.74, 6) is 0. The van der Waals surface area contributed by atoms with Gasteiger partial charge >= 0.3 is 0 Å². The molecule has 1 aliphatic rings. The van der Waals surface area contributed by atoms with E-state index in [1.807, 2.05) is 6.08 Å². The number of nitrogens with zero attached hydrogens (tertiary/aromatic N) is 1. The van der Waals surface area contributed by atoms with Crippen LogP contribution in [0.5, 0.6) is 0 Å². The van der Waals surface area contributed by atoms with Crippen LogP contribution in [0.1, 0.15) is 24.0 Å². The molecule has 1 fully saturated rings. The fourth-order valence-corrected chi connectivity index (χ4v) is 1.91. The largest absolute Gasteiger partial charge is 0.310 e. The minimum absolute atomic E-state index is 0.786. The van der Waals surface area contributed by atoms with Gasteiger partial charge in [-0.1, -0.05) is 30.3 Å². The summed E-state index contributed by atoms with van der Waals surface area (Å²) in [5.41, 5.74) is 2.75. The third-order valence-corrected chi connectivity index (χ3v) is 3.09. The van der Waals surface area contributed by atoms with Crippen molar-refractivity contribution in [3.63, 3.8) is 0 Å². The van der Waals surface area contributed by atoms with Crippen molar-refractivity contribution in [2.75, 3.05) is 13.6 Å². The maximum atomic E-state index is 3.75. The molecule has 0 radical (unpaired) electrons. The zero-order valence-electron chi connectivity index (χ0n) is 10.7. The monoisotopic (exact) mass is 230 g/mol. The molecule has 1 aliphatic carbocycles. The SMILES string of the molecule is C=CCN(C)Cc1ccc(CNC2CC2)cc1. The molecule has 0 unspecified atom stereocenters. The first-order chi connectivity index (χ1) is 8.28. The Labute approximate surface area is 104 Å². The fourth-order valence-electron chi connectivity index (χ4n) is 1.91. The number of benzene rings is 1. The molecule has 1 saturated carbocycles. The molecule has 0 bridgehead atoms. The van der Waals surface area contributed by atoms with Crippen molar-refractivity contribution >= 4 is 0 Å². The molecule has 1 aromatic carbocycles. The molecule has 0 aromatic heterocycles. The molecular formula is C15H22N2. The molecule has 0 heterocycles. The van der Waals surface area contributed by atoms with Crippen molar-refractivity contribution in [1.82, 2.24) is 10.2 Å². The van der Waals surface area contributed by atoms with E-state index in [4.69, 9.17) is 0 Å². The topological polar surface area (TPSA) is 15.3 Å². The Morgan fingerprint density at radius 3 is 2.53 bits per heavy atom. The highest BCUT2D eigenvalue weighted by Crippen LogP contribution is 2.19. The van der Waals surface area contributed by atoms with E-state index in [1.165, 1.54) is 24.0 Å². The average molecular weight is 230 g/mol. The molecule has 17 heavy (non-hydrogen) atoms. The third-order valence-electron chi connectivity index (χ3n) is 3.09. The number of nitrogens with one attached hydrogen (secondary N) is 1. The van der Waals surface area contributed by atoms with Gasteiger partial charge in [-0.15, -0.1) is 6.58 Å². The van der Waals surface area contributed by atoms with Crippen LogP contribution < -0.4 is 5.32 Å². The second-order valence-corrected chi connectivity index (χ2v) is 4.96. The summed E-state index contributed by atoms with van der Waals surface area (Å²) in [6.45, 7) is 6.68. The number of hydrogen-bond donors (Lipinski definition) is 1. The highest BCUT2D eigenvalue weighted by Gasteiger charge is 2.19. The summed E-state index contributed by atoms with van der Waals surface area (Å²) in [5, 5.41) is 3.53. The van der Waals surface area contributed by atoms with Crippen LogP contribution in [0.25, 0.3) is 0 Å². The Balaban J connectivity index is 1.81. The summed E-state index contributed by atoms with van der Waals surface area (Å²) in [6.07, 6.45) is 4.64. The standard InChI is InChI=1S/C15H22N2/c1-3-10-17(2)12-14-6-4-13(5-7-14)11-16-15-8-9-15/h3-7,15-16H,1,8-12H2,2H3. The first-order valence-corrected chi connectivity index (χ1v) is 6.38. The maximum Gasteiger partial charge on any atom is 0.0233 e. The van der Waals surface area contributed by atoms with Crippen LogP contribution in [-0.2, 0) is 13.1 Å². The van der Waals surface area contributed by atoms with E-state index < -0.39 is 0 Å². The van der Waals surface area contributed by atoms with E-state index >= 15 is 0 Å². The third kappa shape index (κ3) is 4.33. The number of likely N-dealkylation sites (N-methyl/N-ethyl adjacent to an activating group) is 1. The minimum atomic E-state index is 0.786. The van der Waals surface area contributed by atoms with Crippen LogP contribution in [0.2, 0.25) is 0 Å². The fraction of sp³-hybridized carbons (Fsp3) is 0.467. The normalized spacial score (nSPS) is 15.2. The minimum Gasteiger partial charge on any atom is -0.310 e. The van der Waals surface area contributed by atoms with Crippen LogP contribution in [0.3, 0.4) is 0 Å². The lowest BCUT2D eigenvalue weighted by molar-refractivity contribution is 0.363. The van der Waals surface area contributed by atoms with Gasteiger partial charge in [0.15, 0.2) is 0 Å². The molecule has 0 atom stereocenters. The van der Waals surface area contributed by atoms with Crippen molar-refractivity contribution < 1.29 is 0 Å². The molecule has 2 nitrogen and oxygen atoms in total. The lowest BCUT2D eigenvalue weighted by atomic mass is 10.1. The van der Waals surface area contributed by atoms with Crippen LogP contribution in [0.15, 0.2) is 36.9 Å². The van der Waals surface area contributed by atoms with Crippen molar-refractivity contribution in [3.05, 3.63) is 48.0 Å². The molecule has 0 spiro atoms. The van der Waals surface area contributed by atoms with Gasteiger partial charge < -0.3 is 5.32 Å². The summed E-state index contributed by atoms with van der Waals surface area (Å²) in [4.78, 5) is 2.25. The van der Waals surface area contributed by atoms with E-state index in [-0.39, 0.29) is 0 Å². The van der Waals surface area contributed by atoms with Crippen molar-refractivity contribution in [2.45, 2.75) is 32.0 Å². The summed E-state index contributed by atoms with van der Waals surface area (Å²) >= 11 is 0. The molecule has 1 N–H and O–H groups in total. The van der Waals surface area contributed by atoms with E-state index in [0.29, 0.717) is 0 Å². The van der Waals surface area contributed by atoms with E-state index in [0.717, 1.165) is 25.7 Å². The van der Waals surface area contributed by atoms with Crippen LogP contribution in [0.4, 0.5) is 0 Å². The van der Waals surface area contributed by atoms with Crippen LogP contribution in [-0.4, -0.2) is 24.5 Å². The quantitative estimate of drug-likeness (QED) is 0.724. The van der Waals surface area contributed by atoms with Gasteiger partial charge in [0.25, 0.3) is 0 Å². The summed E-state index contributed by atoms with van der Waals surface area (Å²) in [6, 6.07) is 9.69. The van der Waals surface area contributed by atoms with Gasteiger partial charge in [-0.25, -0.2) is 0 Å². The van der Waals surface area contributed by atoms with E-state index in [2.05, 4.69) is 48.1 Å². The Morgan fingerprint density at radius 2 is 1.94 bits per heavy atom. The first kappa shape index (κ1) is 12.3. The van der Waals surface area contributed by atoms with Gasteiger partial charge in [0.2, 0.25) is 0 Å². The molecular weight excluding hydrogens is 208 g/mol. The number of rotatable bonds is 7. The summed E-state index contributed by atoms with van der Waals surface area (Å²) < 4.78 is 0. The first-order valence-electron chi connectivity index (χ1n) is 6.38. The Bertz CT molecular complexity index is 352. The molecule has 2 rings (SSSR count). The Hall–Kier alpha value is -1.12. The molecule has 2 heteroatoms. The lowest BCUT2D eigenvalue weighted by Crippen LogP contribution is -2.17. The molecule has 0 saturated heterocycles. The highest BCUT2D eigenvalue weighted by atomic mass is 15.1. The molecule has 92 valence electrons. The molecule has 0 aliphatic heterocycles. The highest BCUT2D eigenvalue weighted by molar-refractivity contribution is 5.22. The average Bonchev–Trinajstić information content (AvgIpc) is 3.12. The van der Waals surface area contributed by atoms with Gasteiger partial charge in [0.05, 0.1) is 0 Å². The second-order valence-electron chi connectivity index (χ2n) is 4.96. The van der Waals surface area contributed by atoms with Gasteiger partial charge in [-0.05, 0) is 31.0 Å². The Kier molecular flexibility index (Phi) is 4.35. The van der Waals surface area contributed by atoms with Gasteiger partial charge in [-0.3, -0.25) is 4.90 Å². The van der Waals surface area contributed by atoms with Gasteiger partial charge in [0.1, 0.15) is 0 Å². The van der Waals surface area contributed by atoms with Crippen LogP contribution in [0, 0.1) is 0 Å². The molecule has 0 amide bonds. The smallest absolute Gasteiger partial charge is 0.0233 e. The lowest BCUT2D eigenvalue weighted by Gasteiger charge is -2.14. The van der Waals surface area contributed by atoms with Gasteiger partial charge in [0, 0.05) is 25.7 Å². The van der Waals surface area contributed by atoms with Crippen LogP contribution >= 0.6 is 0 Å². The Morgan fingerprint density at radius 1 is 1.29 bits per heavy atom. The van der Waals surface area contributed by atoms with E-state index in [9.17, 15) is 0 Å². The van der Waals surface area contributed by atoms with Crippen molar-refractivity contribution in [3.8, 4) is 0 Å². The van der Waals surface area contributed by atoms with Crippen molar-refractivity contribution in [2.24, 2.45) is 0 Å². The predicted molar refractivity (Wildman–Crippen MR) is 72.8 cm³/mol. The zero-order chi connectivity index (χ0) is 12.1. The van der Waals surface area contributed by atoms with E-state index in [1.54, 1.807) is 0 Å². The maximum absolute atomic E-state index is 3.75. The molecule has 1 aromatic rings. The van der Waals surface area contributed by atoms with Crippen molar-refractivity contribution in [1.29, 1.82) is 0 Å². The zero-order valence-corrected chi connectivity index (χ0v) is 10.7. The summed E-state index contributed by atoms with van der Waals surface area (Å²) in [7, 11) is 2.12. The van der Waals surface area contributed by atoms with Gasteiger partial charge in [-0.2, -0.15) is 0 Å².